The van der Waals surface area contributed by atoms with E-state index in [1.54, 1.807) is 18.2 Å². The van der Waals surface area contributed by atoms with Gasteiger partial charge in [0.05, 0.1) is 12.0 Å². The molecule has 4 rings (SSSR count). The lowest BCUT2D eigenvalue weighted by Gasteiger charge is -2.23. The van der Waals surface area contributed by atoms with E-state index in [1.165, 1.54) is 10.6 Å². The number of aromatic nitrogens is 2. The van der Waals surface area contributed by atoms with E-state index in [9.17, 15) is 22.8 Å². The van der Waals surface area contributed by atoms with Crippen molar-refractivity contribution in [2.45, 2.75) is 12.3 Å². The monoisotopic (exact) mass is 346 g/mol. The Labute approximate surface area is 138 Å². The minimum atomic E-state index is -1.62. The standard InChI is InChI=1S/C17H9F3N2O3/c18-10-5-8(6-11(19)15(10)20)9-7-13(23)25-16-14(9)17(24)22-4-2-1-3-12(22)21-16/h1-6,9H,7H2/t9-/m1/s1. The first-order chi connectivity index (χ1) is 12.0. The summed E-state index contributed by atoms with van der Waals surface area (Å²) in [5.74, 6) is -6.31. The van der Waals surface area contributed by atoms with E-state index in [2.05, 4.69) is 4.98 Å². The number of nitrogens with zero attached hydrogens (tertiary/aromatic N) is 2. The smallest absolute Gasteiger partial charge is 0.313 e. The summed E-state index contributed by atoms with van der Waals surface area (Å²) in [6.07, 6.45) is 1.16. The Bertz CT molecular complexity index is 1070. The van der Waals surface area contributed by atoms with Crippen LogP contribution in [-0.4, -0.2) is 15.4 Å². The van der Waals surface area contributed by atoms with Crippen LogP contribution in [0.15, 0.2) is 41.3 Å². The molecule has 0 saturated heterocycles. The highest BCUT2D eigenvalue weighted by Gasteiger charge is 2.34. The first-order valence-electron chi connectivity index (χ1n) is 7.32. The first-order valence-corrected chi connectivity index (χ1v) is 7.32. The molecule has 126 valence electrons. The first kappa shape index (κ1) is 15.4. The fraction of sp³-hybridized carbons (Fsp3) is 0.118. The molecular weight excluding hydrogens is 337 g/mol. The molecule has 1 aliphatic heterocycles. The van der Waals surface area contributed by atoms with Gasteiger partial charge in [-0.15, -0.1) is 0 Å². The largest absolute Gasteiger partial charge is 0.407 e. The molecule has 0 amide bonds. The topological polar surface area (TPSA) is 60.7 Å². The molecule has 0 fully saturated rings. The Morgan fingerprint density at radius 1 is 1.12 bits per heavy atom. The summed E-state index contributed by atoms with van der Waals surface area (Å²) in [7, 11) is 0. The van der Waals surface area contributed by atoms with Crippen LogP contribution in [0.2, 0.25) is 0 Å². The maximum atomic E-state index is 13.6. The molecule has 1 aromatic carbocycles. The normalized spacial score (nSPS) is 16.6. The molecular formula is C17H9F3N2O3. The Balaban J connectivity index is 2.00. The average molecular weight is 346 g/mol. The van der Waals surface area contributed by atoms with E-state index in [-0.39, 0.29) is 29.1 Å². The Morgan fingerprint density at radius 2 is 1.84 bits per heavy atom. The molecule has 0 bridgehead atoms. The summed E-state index contributed by atoms with van der Waals surface area (Å²) in [4.78, 5) is 28.8. The van der Waals surface area contributed by atoms with Crippen LogP contribution in [0.3, 0.4) is 0 Å². The molecule has 0 saturated carbocycles. The van der Waals surface area contributed by atoms with Crippen LogP contribution >= 0.6 is 0 Å². The van der Waals surface area contributed by atoms with Crippen molar-refractivity contribution in [2.24, 2.45) is 0 Å². The Hall–Kier alpha value is -3.16. The molecule has 1 aliphatic rings. The van der Waals surface area contributed by atoms with Gasteiger partial charge in [0.2, 0.25) is 5.88 Å². The van der Waals surface area contributed by atoms with E-state index in [1.807, 2.05) is 0 Å². The lowest BCUT2D eigenvalue weighted by Crippen LogP contribution is -2.31. The second-order valence-electron chi connectivity index (χ2n) is 5.59. The maximum absolute atomic E-state index is 13.6. The van der Waals surface area contributed by atoms with Gasteiger partial charge in [0.25, 0.3) is 5.56 Å². The third-order valence-electron chi connectivity index (χ3n) is 4.07. The van der Waals surface area contributed by atoms with E-state index in [4.69, 9.17) is 4.74 Å². The molecule has 3 heterocycles. The van der Waals surface area contributed by atoms with Crippen molar-refractivity contribution in [2.75, 3.05) is 0 Å². The van der Waals surface area contributed by atoms with E-state index >= 15 is 0 Å². The predicted octanol–water partition coefficient (Wildman–Crippen LogP) is 2.55. The van der Waals surface area contributed by atoms with Crippen molar-refractivity contribution in [3.63, 3.8) is 0 Å². The number of hydrogen-bond donors (Lipinski definition) is 0. The molecule has 25 heavy (non-hydrogen) atoms. The van der Waals surface area contributed by atoms with Gasteiger partial charge < -0.3 is 4.74 Å². The summed E-state index contributed by atoms with van der Waals surface area (Å²) < 4.78 is 46.7. The van der Waals surface area contributed by atoms with E-state index in [0.29, 0.717) is 0 Å². The van der Waals surface area contributed by atoms with E-state index in [0.717, 1.165) is 12.1 Å². The number of carbonyl (C=O) groups excluding carboxylic acids is 1. The van der Waals surface area contributed by atoms with Crippen LogP contribution in [0.1, 0.15) is 23.5 Å². The highest BCUT2D eigenvalue weighted by atomic mass is 19.2. The predicted molar refractivity (Wildman–Crippen MR) is 79.9 cm³/mol. The summed E-state index contributed by atoms with van der Waals surface area (Å²) in [5, 5.41) is 0. The van der Waals surface area contributed by atoms with Crippen molar-refractivity contribution in [1.82, 2.24) is 9.38 Å². The van der Waals surface area contributed by atoms with Crippen LogP contribution in [0.25, 0.3) is 5.65 Å². The molecule has 0 spiro atoms. The van der Waals surface area contributed by atoms with Gasteiger partial charge in [-0.3, -0.25) is 14.0 Å². The number of ether oxygens (including phenoxy) is 1. The van der Waals surface area contributed by atoms with Gasteiger partial charge in [0.15, 0.2) is 17.5 Å². The van der Waals surface area contributed by atoms with Crippen LogP contribution in [0.4, 0.5) is 13.2 Å². The zero-order valence-electron chi connectivity index (χ0n) is 12.5. The number of pyridine rings is 1. The molecule has 5 nitrogen and oxygen atoms in total. The van der Waals surface area contributed by atoms with Crippen LogP contribution in [-0.2, 0) is 4.79 Å². The van der Waals surface area contributed by atoms with Crippen molar-refractivity contribution in [3.05, 3.63) is 75.5 Å². The number of fused-ring (bicyclic) bond motifs is 2. The maximum Gasteiger partial charge on any atom is 0.313 e. The van der Waals surface area contributed by atoms with Gasteiger partial charge in [0.1, 0.15) is 5.65 Å². The van der Waals surface area contributed by atoms with Gasteiger partial charge in [-0.25, -0.2) is 13.2 Å². The molecule has 8 heteroatoms. The lowest BCUT2D eigenvalue weighted by atomic mass is 9.88. The molecule has 0 radical (unpaired) electrons. The fourth-order valence-corrected chi connectivity index (χ4v) is 2.94. The molecule has 0 aliphatic carbocycles. The second kappa shape index (κ2) is 5.44. The zero-order chi connectivity index (χ0) is 17.7. The van der Waals surface area contributed by atoms with Crippen molar-refractivity contribution < 1.29 is 22.7 Å². The van der Waals surface area contributed by atoms with Crippen LogP contribution in [0.5, 0.6) is 5.88 Å². The van der Waals surface area contributed by atoms with Crippen molar-refractivity contribution in [3.8, 4) is 5.88 Å². The quantitative estimate of drug-likeness (QED) is 0.502. The SMILES string of the molecule is O=C1C[C@H](c2cc(F)c(F)c(F)c2)c2c(nc3ccccn3c2=O)O1. The van der Waals surface area contributed by atoms with Gasteiger partial charge >= 0.3 is 5.97 Å². The number of carbonyl (C=O) groups is 1. The van der Waals surface area contributed by atoms with Crippen LogP contribution < -0.4 is 10.3 Å². The summed E-state index contributed by atoms with van der Waals surface area (Å²) in [6, 6.07) is 6.36. The van der Waals surface area contributed by atoms with Crippen molar-refractivity contribution >= 4 is 11.6 Å². The highest BCUT2D eigenvalue weighted by molar-refractivity contribution is 5.77. The van der Waals surface area contributed by atoms with Gasteiger partial charge in [-0.05, 0) is 29.8 Å². The van der Waals surface area contributed by atoms with Gasteiger partial charge in [-0.2, -0.15) is 4.98 Å². The number of benzene rings is 1. The zero-order valence-corrected chi connectivity index (χ0v) is 12.5. The Morgan fingerprint density at radius 3 is 2.56 bits per heavy atom. The summed E-state index contributed by atoms with van der Waals surface area (Å²) in [5.41, 5.74) is -0.308. The molecule has 3 aromatic rings. The third-order valence-corrected chi connectivity index (χ3v) is 4.07. The molecule has 0 unspecified atom stereocenters. The number of esters is 1. The summed E-state index contributed by atoms with van der Waals surface area (Å²) >= 11 is 0. The minimum Gasteiger partial charge on any atom is -0.407 e. The number of rotatable bonds is 1. The molecule has 1 atom stereocenters. The third kappa shape index (κ3) is 2.37. The Kier molecular flexibility index (Phi) is 3.34. The lowest BCUT2D eigenvalue weighted by molar-refractivity contribution is -0.135. The minimum absolute atomic E-state index is 0.00583. The van der Waals surface area contributed by atoms with Crippen molar-refractivity contribution in [1.29, 1.82) is 0 Å². The molecule has 0 N–H and O–H groups in total. The second-order valence-corrected chi connectivity index (χ2v) is 5.59. The fourth-order valence-electron chi connectivity index (χ4n) is 2.94. The average Bonchev–Trinajstić information content (AvgIpc) is 2.58. The van der Waals surface area contributed by atoms with Gasteiger partial charge in [0, 0.05) is 12.1 Å². The van der Waals surface area contributed by atoms with Crippen LogP contribution in [0, 0.1) is 17.5 Å². The molecule has 2 aromatic heterocycles. The summed E-state index contributed by atoms with van der Waals surface area (Å²) in [6.45, 7) is 0. The number of hydrogen-bond acceptors (Lipinski definition) is 4. The van der Waals surface area contributed by atoms with Gasteiger partial charge in [-0.1, -0.05) is 6.07 Å². The highest BCUT2D eigenvalue weighted by Crippen LogP contribution is 2.36. The van der Waals surface area contributed by atoms with E-state index < -0.39 is 34.9 Å². The number of halogens is 3.